The lowest BCUT2D eigenvalue weighted by Crippen LogP contribution is -1.99. The van der Waals surface area contributed by atoms with Crippen LogP contribution in [0.3, 0.4) is 0 Å². The van der Waals surface area contributed by atoms with Crippen molar-refractivity contribution in [3.63, 3.8) is 0 Å². The minimum Gasteiger partial charge on any atom is -0.493 e. The van der Waals surface area contributed by atoms with Gasteiger partial charge in [0.25, 0.3) is 0 Å². The molecule has 0 unspecified atom stereocenters. The number of hydrogen-bond acceptors (Lipinski definition) is 5. The molecule has 2 heterocycles. The van der Waals surface area contributed by atoms with Crippen LogP contribution >= 0.6 is 11.8 Å². The second-order valence-electron chi connectivity index (χ2n) is 4.53. The van der Waals surface area contributed by atoms with Gasteiger partial charge in [0.15, 0.2) is 10.8 Å². The summed E-state index contributed by atoms with van der Waals surface area (Å²) < 4.78 is 7.65. The number of thioether (sulfide) groups is 1. The van der Waals surface area contributed by atoms with E-state index in [1.54, 1.807) is 11.8 Å². The molecule has 6 heteroatoms. The molecule has 108 valence electrons. The average Bonchev–Trinajstić information content (AvgIpc) is 2.90. The first-order valence-corrected chi connectivity index (χ1v) is 7.72. The van der Waals surface area contributed by atoms with Gasteiger partial charge in [0.05, 0.1) is 6.61 Å². The summed E-state index contributed by atoms with van der Waals surface area (Å²) in [6.07, 6.45) is 2.90. The monoisotopic (exact) mass is 300 g/mol. The third kappa shape index (κ3) is 3.46. The quantitative estimate of drug-likeness (QED) is 0.431. The average molecular weight is 300 g/mol. The van der Waals surface area contributed by atoms with E-state index in [0.717, 1.165) is 34.4 Å². The zero-order chi connectivity index (χ0) is 14.5. The van der Waals surface area contributed by atoms with Crippen LogP contribution in [0.4, 0.5) is 5.69 Å². The summed E-state index contributed by atoms with van der Waals surface area (Å²) in [5.41, 5.74) is 7.29. The maximum absolute atomic E-state index is 5.70. The van der Waals surface area contributed by atoms with Crippen molar-refractivity contribution in [2.75, 3.05) is 18.1 Å². The number of aromatic nitrogens is 3. The van der Waals surface area contributed by atoms with Crippen LogP contribution in [0, 0.1) is 0 Å². The molecule has 0 spiro atoms. The Balaban J connectivity index is 1.46. The summed E-state index contributed by atoms with van der Waals surface area (Å²) in [5.74, 6) is 1.74. The molecule has 0 saturated heterocycles. The lowest BCUT2D eigenvalue weighted by atomic mass is 10.3. The number of nitrogens with two attached hydrogens (primary N) is 1. The second-order valence-corrected chi connectivity index (χ2v) is 5.60. The number of ether oxygens (including phenoxy) is 1. The number of hydrogen-bond donors (Lipinski definition) is 1. The molecule has 0 aliphatic heterocycles. The van der Waals surface area contributed by atoms with E-state index in [2.05, 4.69) is 10.2 Å². The van der Waals surface area contributed by atoms with Gasteiger partial charge in [-0.2, -0.15) is 0 Å². The standard InChI is InChI=1S/C15H16N4OS/c16-12-5-3-6-13(11-12)20-9-4-10-21-15-18-17-14-7-1-2-8-19(14)15/h1-3,5-8,11H,4,9-10,16H2. The van der Waals surface area contributed by atoms with Crippen molar-refractivity contribution in [1.29, 1.82) is 0 Å². The molecule has 0 atom stereocenters. The van der Waals surface area contributed by atoms with E-state index in [4.69, 9.17) is 10.5 Å². The Kier molecular flexibility index (Phi) is 4.25. The van der Waals surface area contributed by atoms with Gasteiger partial charge >= 0.3 is 0 Å². The minimum absolute atomic E-state index is 0.660. The van der Waals surface area contributed by atoms with Crippen molar-refractivity contribution in [2.45, 2.75) is 11.6 Å². The Hall–Kier alpha value is -2.21. The molecule has 0 fully saturated rings. The highest BCUT2D eigenvalue weighted by Gasteiger charge is 2.04. The normalized spacial score (nSPS) is 10.9. The number of benzene rings is 1. The highest BCUT2D eigenvalue weighted by Crippen LogP contribution is 2.18. The van der Waals surface area contributed by atoms with Gasteiger partial charge in [0.2, 0.25) is 0 Å². The van der Waals surface area contributed by atoms with Gasteiger partial charge in [-0.3, -0.25) is 4.40 Å². The predicted molar refractivity (Wildman–Crippen MR) is 84.7 cm³/mol. The van der Waals surface area contributed by atoms with E-state index in [0.29, 0.717) is 6.61 Å². The van der Waals surface area contributed by atoms with E-state index in [-0.39, 0.29) is 0 Å². The number of rotatable bonds is 6. The van der Waals surface area contributed by atoms with Crippen LogP contribution in [0.25, 0.3) is 5.65 Å². The first-order valence-electron chi connectivity index (χ1n) is 6.74. The predicted octanol–water partition coefficient (Wildman–Crippen LogP) is 2.87. The van der Waals surface area contributed by atoms with Crippen LogP contribution in [-0.4, -0.2) is 27.0 Å². The zero-order valence-electron chi connectivity index (χ0n) is 11.5. The molecular weight excluding hydrogens is 284 g/mol. The van der Waals surface area contributed by atoms with Crippen LogP contribution in [0.2, 0.25) is 0 Å². The van der Waals surface area contributed by atoms with E-state index in [9.17, 15) is 0 Å². The summed E-state index contributed by atoms with van der Waals surface area (Å²) in [6, 6.07) is 13.4. The molecule has 3 rings (SSSR count). The molecule has 0 aliphatic rings. The Bertz CT molecular complexity index is 728. The topological polar surface area (TPSA) is 65.4 Å². The molecule has 0 amide bonds. The largest absolute Gasteiger partial charge is 0.493 e. The molecule has 2 aromatic heterocycles. The summed E-state index contributed by atoms with van der Waals surface area (Å²) in [7, 11) is 0. The molecule has 0 aliphatic carbocycles. The fourth-order valence-corrected chi connectivity index (χ4v) is 2.77. The van der Waals surface area contributed by atoms with Gasteiger partial charge in [-0.1, -0.05) is 23.9 Å². The minimum atomic E-state index is 0.660. The zero-order valence-corrected chi connectivity index (χ0v) is 12.3. The van der Waals surface area contributed by atoms with E-state index < -0.39 is 0 Å². The number of nitrogen functional groups attached to an aromatic ring is 1. The van der Waals surface area contributed by atoms with Gasteiger partial charge in [-0.05, 0) is 30.7 Å². The third-order valence-corrected chi connectivity index (χ3v) is 3.96. The van der Waals surface area contributed by atoms with Crippen molar-refractivity contribution in [3.8, 4) is 5.75 Å². The maximum atomic E-state index is 5.70. The van der Waals surface area contributed by atoms with Crippen LogP contribution < -0.4 is 10.5 Å². The van der Waals surface area contributed by atoms with Crippen molar-refractivity contribution < 1.29 is 4.74 Å². The fraction of sp³-hybridized carbons (Fsp3) is 0.200. The van der Waals surface area contributed by atoms with E-state index >= 15 is 0 Å². The van der Waals surface area contributed by atoms with Crippen LogP contribution in [0.1, 0.15) is 6.42 Å². The van der Waals surface area contributed by atoms with Gasteiger partial charge < -0.3 is 10.5 Å². The smallest absolute Gasteiger partial charge is 0.195 e. The number of anilines is 1. The molecule has 1 aromatic carbocycles. The second kappa shape index (κ2) is 6.49. The van der Waals surface area contributed by atoms with Crippen LogP contribution in [0.15, 0.2) is 53.8 Å². The van der Waals surface area contributed by atoms with Gasteiger partial charge in [0, 0.05) is 23.7 Å². The van der Waals surface area contributed by atoms with E-state index in [1.165, 1.54) is 0 Å². The molecule has 0 bridgehead atoms. The molecule has 0 radical (unpaired) electrons. The van der Waals surface area contributed by atoms with Crippen LogP contribution in [-0.2, 0) is 0 Å². The number of fused-ring (bicyclic) bond motifs is 1. The Morgan fingerprint density at radius 3 is 3.00 bits per heavy atom. The SMILES string of the molecule is Nc1cccc(OCCCSc2nnc3ccccn23)c1. The molecule has 5 nitrogen and oxygen atoms in total. The first kappa shape index (κ1) is 13.8. The third-order valence-electron chi connectivity index (χ3n) is 2.93. The van der Waals surface area contributed by atoms with Gasteiger partial charge in [0.1, 0.15) is 5.75 Å². The number of nitrogens with zero attached hydrogens (tertiary/aromatic N) is 3. The lowest BCUT2D eigenvalue weighted by Gasteiger charge is -2.06. The van der Waals surface area contributed by atoms with Gasteiger partial charge in [-0.25, -0.2) is 0 Å². The molecule has 2 N–H and O–H groups in total. The van der Waals surface area contributed by atoms with Crippen LogP contribution in [0.5, 0.6) is 5.75 Å². The Morgan fingerprint density at radius 2 is 2.10 bits per heavy atom. The summed E-state index contributed by atoms with van der Waals surface area (Å²) in [6.45, 7) is 0.660. The Labute approximate surface area is 127 Å². The molecule has 3 aromatic rings. The molecule has 0 saturated carbocycles. The highest BCUT2D eigenvalue weighted by molar-refractivity contribution is 7.99. The number of pyridine rings is 1. The summed E-state index contributed by atoms with van der Waals surface area (Å²) in [5, 5.41) is 9.21. The fourth-order valence-electron chi connectivity index (χ4n) is 1.93. The van der Waals surface area contributed by atoms with Crippen molar-refractivity contribution in [1.82, 2.24) is 14.6 Å². The van der Waals surface area contributed by atoms with Gasteiger partial charge in [-0.15, -0.1) is 10.2 Å². The first-order chi connectivity index (χ1) is 10.3. The van der Waals surface area contributed by atoms with Crippen molar-refractivity contribution in [3.05, 3.63) is 48.7 Å². The van der Waals surface area contributed by atoms with Crippen molar-refractivity contribution >= 4 is 23.1 Å². The van der Waals surface area contributed by atoms with Crippen molar-refractivity contribution in [2.24, 2.45) is 0 Å². The summed E-state index contributed by atoms with van der Waals surface area (Å²) >= 11 is 1.68. The Morgan fingerprint density at radius 1 is 1.14 bits per heavy atom. The lowest BCUT2D eigenvalue weighted by molar-refractivity contribution is 0.319. The molecule has 21 heavy (non-hydrogen) atoms. The highest BCUT2D eigenvalue weighted by atomic mass is 32.2. The van der Waals surface area contributed by atoms with E-state index in [1.807, 2.05) is 53.1 Å². The maximum Gasteiger partial charge on any atom is 0.195 e. The summed E-state index contributed by atoms with van der Waals surface area (Å²) in [4.78, 5) is 0. The molecular formula is C15H16N4OS.